The molecule has 0 spiro atoms. The number of carbonyl (C=O) groups is 2. The number of hydrogen-bond donors (Lipinski definition) is 1. The Morgan fingerprint density at radius 2 is 1.71 bits per heavy atom. The number of H-pyrrole nitrogens is 1. The molecule has 2 aliphatic rings. The van der Waals surface area contributed by atoms with Crippen LogP contribution in [0, 0.1) is 4.77 Å². The van der Waals surface area contributed by atoms with Crippen LogP contribution in [0.3, 0.4) is 0 Å². The number of aromatic nitrogens is 3. The first-order valence-electron chi connectivity index (χ1n) is 9.64. The first-order valence-corrected chi connectivity index (χ1v) is 10.9. The molecule has 0 saturated carbocycles. The lowest BCUT2D eigenvalue weighted by Gasteiger charge is -2.38. The molecule has 2 fully saturated rings. The van der Waals surface area contributed by atoms with Gasteiger partial charge >= 0.3 is 6.03 Å². The SMILES string of the molecule is O=C(Cn1c(-c2cccs2)n[nH]c1=S)N1CCN(C(=O)N2CCCCC2)CC1. The lowest BCUT2D eigenvalue weighted by Crippen LogP contribution is -2.55. The Balaban J connectivity index is 1.36. The Bertz CT molecular complexity index is 876. The summed E-state index contributed by atoms with van der Waals surface area (Å²) in [6, 6.07) is 4.02. The van der Waals surface area contributed by atoms with Gasteiger partial charge in [-0.15, -0.1) is 11.3 Å². The minimum Gasteiger partial charge on any atom is -0.338 e. The highest BCUT2D eigenvalue weighted by Crippen LogP contribution is 2.23. The molecule has 28 heavy (non-hydrogen) atoms. The van der Waals surface area contributed by atoms with Crippen molar-refractivity contribution < 1.29 is 9.59 Å². The number of rotatable bonds is 3. The Hall–Kier alpha value is -2.20. The smallest absolute Gasteiger partial charge is 0.320 e. The predicted molar refractivity (Wildman–Crippen MR) is 110 cm³/mol. The molecule has 0 aromatic carbocycles. The van der Waals surface area contributed by atoms with E-state index in [2.05, 4.69) is 10.2 Å². The molecule has 2 aromatic rings. The topological polar surface area (TPSA) is 77.5 Å². The molecule has 4 heterocycles. The van der Waals surface area contributed by atoms with Crippen LogP contribution in [0.5, 0.6) is 0 Å². The number of piperazine rings is 1. The fourth-order valence-corrected chi connectivity index (χ4v) is 4.64. The maximum absolute atomic E-state index is 12.8. The number of carbonyl (C=O) groups excluding carboxylic acids is 2. The highest BCUT2D eigenvalue weighted by molar-refractivity contribution is 7.71. The lowest BCUT2D eigenvalue weighted by atomic mass is 10.1. The number of piperidine rings is 1. The van der Waals surface area contributed by atoms with E-state index in [0.29, 0.717) is 36.8 Å². The summed E-state index contributed by atoms with van der Waals surface area (Å²) in [5, 5.41) is 9.03. The first-order chi connectivity index (χ1) is 13.6. The molecule has 2 aromatic heterocycles. The second-order valence-corrected chi connectivity index (χ2v) is 8.45. The molecule has 2 saturated heterocycles. The van der Waals surface area contributed by atoms with E-state index >= 15 is 0 Å². The summed E-state index contributed by atoms with van der Waals surface area (Å²) in [6.45, 7) is 4.12. The van der Waals surface area contributed by atoms with Crippen molar-refractivity contribution in [3.63, 3.8) is 0 Å². The van der Waals surface area contributed by atoms with E-state index < -0.39 is 0 Å². The molecule has 1 N–H and O–H groups in total. The molecule has 8 nitrogen and oxygen atoms in total. The standard InChI is InChI=1S/C18H24N6O2S2/c25-15(13-24-16(19-20-17(24)27)14-5-4-12-28-14)21-8-10-23(11-9-21)18(26)22-6-2-1-3-7-22/h4-5,12H,1-3,6-11,13H2,(H,20,27). The summed E-state index contributed by atoms with van der Waals surface area (Å²) < 4.78 is 2.19. The number of thiophene rings is 1. The zero-order valence-electron chi connectivity index (χ0n) is 15.7. The van der Waals surface area contributed by atoms with Crippen molar-refractivity contribution in [1.29, 1.82) is 0 Å². The van der Waals surface area contributed by atoms with Gasteiger partial charge in [-0.05, 0) is 42.9 Å². The molecule has 0 aliphatic carbocycles. The predicted octanol–water partition coefficient (Wildman–Crippen LogP) is 2.42. The van der Waals surface area contributed by atoms with Gasteiger partial charge in [-0.3, -0.25) is 14.5 Å². The quantitative estimate of drug-likeness (QED) is 0.774. The molecule has 0 radical (unpaired) electrons. The average Bonchev–Trinajstić information content (AvgIpc) is 3.39. The van der Waals surface area contributed by atoms with Crippen molar-refractivity contribution in [1.82, 2.24) is 29.5 Å². The van der Waals surface area contributed by atoms with Crippen LogP contribution in [0.2, 0.25) is 0 Å². The Labute approximate surface area is 172 Å². The minimum atomic E-state index is 0.000350. The van der Waals surface area contributed by atoms with Crippen molar-refractivity contribution in [3.8, 4) is 10.7 Å². The number of nitrogens with zero attached hydrogens (tertiary/aromatic N) is 5. The van der Waals surface area contributed by atoms with Crippen molar-refractivity contribution >= 4 is 35.5 Å². The molecule has 3 amide bonds. The van der Waals surface area contributed by atoms with Crippen LogP contribution in [0.1, 0.15) is 19.3 Å². The molecular weight excluding hydrogens is 396 g/mol. The van der Waals surface area contributed by atoms with Gasteiger partial charge in [0.05, 0.1) is 4.88 Å². The summed E-state index contributed by atoms with van der Waals surface area (Å²) in [5.74, 6) is 0.688. The van der Waals surface area contributed by atoms with Gasteiger partial charge in [0.15, 0.2) is 10.6 Å². The third kappa shape index (κ3) is 3.97. The Morgan fingerprint density at radius 3 is 2.39 bits per heavy atom. The third-order valence-electron chi connectivity index (χ3n) is 5.32. The van der Waals surface area contributed by atoms with Gasteiger partial charge in [-0.2, -0.15) is 5.10 Å². The summed E-state index contributed by atoms with van der Waals surface area (Å²) >= 11 is 6.87. The van der Waals surface area contributed by atoms with Gasteiger partial charge in [-0.25, -0.2) is 4.79 Å². The largest absolute Gasteiger partial charge is 0.338 e. The summed E-state index contributed by atoms with van der Waals surface area (Å²) in [5.41, 5.74) is 0. The molecule has 2 aliphatic heterocycles. The fourth-order valence-electron chi connectivity index (χ4n) is 3.73. The van der Waals surface area contributed by atoms with Crippen LogP contribution in [-0.4, -0.2) is 80.7 Å². The summed E-state index contributed by atoms with van der Waals surface area (Å²) in [6.07, 6.45) is 3.38. The van der Waals surface area contributed by atoms with Crippen molar-refractivity contribution in [2.45, 2.75) is 25.8 Å². The number of likely N-dealkylation sites (tertiary alicyclic amines) is 1. The molecule has 150 valence electrons. The maximum Gasteiger partial charge on any atom is 0.320 e. The number of aromatic amines is 1. The van der Waals surface area contributed by atoms with E-state index in [1.54, 1.807) is 15.9 Å². The molecule has 4 rings (SSSR count). The minimum absolute atomic E-state index is 0.000350. The van der Waals surface area contributed by atoms with E-state index in [0.717, 1.165) is 30.8 Å². The highest BCUT2D eigenvalue weighted by Gasteiger charge is 2.28. The Kier molecular flexibility index (Phi) is 5.77. The van der Waals surface area contributed by atoms with E-state index in [1.165, 1.54) is 6.42 Å². The Morgan fingerprint density at radius 1 is 1.04 bits per heavy atom. The molecular formula is C18H24N6O2S2. The number of nitrogens with one attached hydrogen (secondary N) is 1. The monoisotopic (exact) mass is 420 g/mol. The van der Waals surface area contributed by atoms with Crippen LogP contribution in [0.15, 0.2) is 17.5 Å². The zero-order valence-corrected chi connectivity index (χ0v) is 17.3. The average molecular weight is 421 g/mol. The van der Waals surface area contributed by atoms with E-state index in [4.69, 9.17) is 12.2 Å². The van der Waals surface area contributed by atoms with E-state index in [-0.39, 0.29) is 18.5 Å². The van der Waals surface area contributed by atoms with Gasteiger partial charge in [0.25, 0.3) is 0 Å². The van der Waals surface area contributed by atoms with Crippen molar-refractivity contribution in [2.24, 2.45) is 0 Å². The van der Waals surface area contributed by atoms with Crippen molar-refractivity contribution in [2.75, 3.05) is 39.3 Å². The zero-order chi connectivity index (χ0) is 19.5. The van der Waals surface area contributed by atoms with E-state index in [9.17, 15) is 9.59 Å². The van der Waals surface area contributed by atoms with Crippen LogP contribution >= 0.6 is 23.6 Å². The first kappa shape index (κ1) is 19.1. The second kappa shape index (κ2) is 8.44. The van der Waals surface area contributed by atoms with Gasteiger partial charge in [-0.1, -0.05) is 6.07 Å². The van der Waals surface area contributed by atoms with Crippen LogP contribution < -0.4 is 0 Å². The van der Waals surface area contributed by atoms with Crippen LogP contribution in [0.4, 0.5) is 4.79 Å². The number of hydrogen-bond acceptors (Lipinski definition) is 5. The number of amides is 3. The summed E-state index contributed by atoms with van der Waals surface area (Å²) in [4.78, 5) is 32.0. The van der Waals surface area contributed by atoms with Gasteiger partial charge in [0.1, 0.15) is 6.54 Å². The second-order valence-electron chi connectivity index (χ2n) is 7.11. The third-order valence-corrected chi connectivity index (χ3v) is 6.50. The van der Waals surface area contributed by atoms with Crippen molar-refractivity contribution in [3.05, 3.63) is 22.3 Å². The molecule has 0 atom stereocenters. The fraction of sp³-hybridized carbons (Fsp3) is 0.556. The molecule has 10 heteroatoms. The maximum atomic E-state index is 12.8. The van der Waals surface area contributed by atoms with Gasteiger partial charge in [0, 0.05) is 39.3 Å². The molecule has 0 unspecified atom stereocenters. The normalized spacial score (nSPS) is 17.8. The van der Waals surface area contributed by atoms with Gasteiger partial charge < -0.3 is 14.7 Å². The summed E-state index contributed by atoms with van der Waals surface area (Å²) in [7, 11) is 0. The van der Waals surface area contributed by atoms with E-state index in [1.807, 2.05) is 32.2 Å². The van der Waals surface area contributed by atoms with Crippen LogP contribution in [-0.2, 0) is 11.3 Å². The highest BCUT2D eigenvalue weighted by atomic mass is 32.1. The lowest BCUT2D eigenvalue weighted by molar-refractivity contribution is -0.133. The molecule has 0 bridgehead atoms. The van der Waals surface area contributed by atoms with Gasteiger partial charge in [0.2, 0.25) is 5.91 Å². The van der Waals surface area contributed by atoms with Crippen LogP contribution in [0.25, 0.3) is 10.7 Å². The number of urea groups is 1.